The third-order valence-electron chi connectivity index (χ3n) is 2.33. The van der Waals surface area contributed by atoms with E-state index in [4.69, 9.17) is 0 Å². The number of H-pyrrole nitrogens is 1. The molecule has 18 heavy (non-hydrogen) atoms. The van der Waals surface area contributed by atoms with E-state index in [0.717, 1.165) is 18.7 Å². The van der Waals surface area contributed by atoms with Crippen molar-refractivity contribution in [3.05, 3.63) is 11.8 Å². The van der Waals surface area contributed by atoms with Gasteiger partial charge < -0.3 is 5.32 Å². The molecule has 0 aliphatic rings. The van der Waals surface area contributed by atoms with Crippen LogP contribution in [0.3, 0.4) is 0 Å². The number of thioether (sulfide) groups is 1. The molecule has 3 N–H and O–H groups in total. The van der Waals surface area contributed by atoms with Gasteiger partial charge in [-0.05, 0) is 25.0 Å². The van der Waals surface area contributed by atoms with Crippen molar-refractivity contribution in [3.63, 3.8) is 0 Å². The lowest BCUT2D eigenvalue weighted by Gasteiger charge is -2.07. The topological polar surface area (TPSA) is 86.9 Å². The van der Waals surface area contributed by atoms with Crippen LogP contribution in [0.4, 0.5) is 0 Å². The fourth-order valence-corrected chi connectivity index (χ4v) is 3.05. The molecular weight excluding hydrogens is 272 g/mol. The van der Waals surface area contributed by atoms with Crippen LogP contribution in [0.25, 0.3) is 0 Å². The molecule has 0 saturated heterocycles. The molecule has 0 bridgehead atoms. The number of rotatable bonds is 9. The van der Waals surface area contributed by atoms with Crippen LogP contribution in [0.5, 0.6) is 0 Å². The third-order valence-corrected chi connectivity index (χ3v) is 4.50. The minimum Gasteiger partial charge on any atom is -0.313 e. The van der Waals surface area contributed by atoms with Gasteiger partial charge in [-0.3, -0.25) is 5.10 Å². The molecule has 0 aromatic carbocycles. The Labute approximate surface area is 112 Å². The summed E-state index contributed by atoms with van der Waals surface area (Å²) in [5.74, 6) is 0.940. The summed E-state index contributed by atoms with van der Waals surface area (Å²) < 4.78 is 26.6. The van der Waals surface area contributed by atoms with E-state index < -0.39 is 10.0 Å². The Morgan fingerprint density at radius 3 is 2.94 bits per heavy atom. The predicted octanol–water partition coefficient (Wildman–Crippen LogP) is 0.551. The van der Waals surface area contributed by atoms with Crippen molar-refractivity contribution in [2.24, 2.45) is 0 Å². The maximum atomic E-state index is 12.0. The first kappa shape index (κ1) is 15.5. The number of hydrogen-bond donors (Lipinski definition) is 3. The fraction of sp³-hybridized carbons (Fsp3) is 0.700. The van der Waals surface area contributed by atoms with Crippen molar-refractivity contribution in [1.29, 1.82) is 0 Å². The average molecular weight is 292 g/mol. The van der Waals surface area contributed by atoms with Crippen LogP contribution in [-0.2, 0) is 16.6 Å². The lowest BCUT2D eigenvalue weighted by atomic mass is 10.3. The molecule has 1 aromatic rings. The van der Waals surface area contributed by atoms with Gasteiger partial charge >= 0.3 is 0 Å². The Hall–Kier alpha value is -0.570. The van der Waals surface area contributed by atoms with Gasteiger partial charge in [-0.15, -0.1) is 0 Å². The van der Waals surface area contributed by atoms with E-state index in [1.807, 2.05) is 13.2 Å². The van der Waals surface area contributed by atoms with Crippen molar-refractivity contribution >= 4 is 21.8 Å². The van der Waals surface area contributed by atoms with Crippen molar-refractivity contribution in [3.8, 4) is 0 Å². The van der Waals surface area contributed by atoms with Crippen LogP contribution in [0.15, 0.2) is 11.2 Å². The van der Waals surface area contributed by atoms with Crippen LogP contribution < -0.4 is 10.0 Å². The number of sulfonamides is 1. The molecule has 0 fully saturated rings. The zero-order valence-electron chi connectivity index (χ0n) is 10.7. The minimum absolute atomic E-state index is 0.160. The molecule has 1 aromatic heterocycles. The van der Waals surface area contributed by atoms with E-state index >= 15 is 0 Å². The zero-order chi connectivity index (χ0) is 13.4. The summed E-state index contributed by atoms with van der Waals surface area (Å²) in [5, 5.41) is 9.59. The molecule has 0 amide bonds. The summed E-state index contributed by atoms with van der Waals surface area (Å²) in [6.07, 6.45) is 4.36. The molecule has 6 nitrogen and oxygen atoms in total. The molecule has 0 atom stereocenters. The van der Waals surface area contributed by atoms with E-state index in [9.17, 15) is 8.42 Å². The van der Waals surface area contributed by atoms with Gasteiger partial charge in [0.05, 0.1) is 6.20 Å². The molecule has 104 valence electrons. The smallest absolute Gasteiger partial charge is 0.257 e. The Bertz CT molecular complexity index is 444. The quantitative estimate of drug-likeness (QED) is 0.579. The fourth-order valence-electron chi connectivity index (χ4n) is 1.41. The van der Waals surface area contributed by atoms with Crippen LogP contribution in [0.1, 0.15) is 18.9 Å². The summed E-state index contributed by atoms with van der Waals surface area (Å²) in [6, 6.07) is 0. The molecule has 1 heterocycles. The SMILES string of the molecule is CCNCc1cn[nH]c1S(=O)(=O)NCCCSC. The van der Waals surface area contributed by atoms with Gasteiger partial charge in [0.25, 0.3) is 10.0 Å². The van der Waals surface area contributed by atoms with E-state index in [2.05, 4.69) is 20.2 Å². The average Bonchev–Trinajstić information content (AvgIpc) is 2.81. The van der Waals surface area contributed by atoms with Crippen molar-refractivity contribution in [1.82, 2.24) is 20.2 Å². The maximum Gasteiger partial charge on any atom is 0.257 e. The second kappa shape index (κ2) is 7.78. The first-order valence-electron chi connectivity index (χ1n) is 5.83. The van der Waals surface area contributed by atoms with E-state index in [1.54, 1.807) is 18.0 Å². The first-order valence-corrected chi connectivity index (χ1v) is 8.71. The molecule has 8 heteroatoms. The number of aromatic amines is 1. The number of nitrogens with zero attached hydrogens (tertiary/aromatic N) is 1. The third kappa shape index (κ3) is 4.60. The molecule has 0 unspecified atom stereocenters. The maximum absolute atomic E-state index is 12.0. The van der Waals surface area contributed by atoms with E-state index in [1.165, 1.54) is 0 Å². The molecule has 0 spiro atoms. The largest absolute Gasteiger partial charge is 0.313 e. The standard InChI is InChI=1S/C10H20N4O2S2/c1-3-11-7-9-8-12-14-10(9)18(15,16)13-5-4-6-17-2/h8,11,13H,3-7H2,1-2H3,(H,12,14). The summed E-state index contributed by atoms with van der Waals surface area (Å²) in [7, 11) is -3.48. The predicted molar refractivity (Wildman–Crippen MR) is 74.2 cm³/mol. The summed E-state index contributed by atoms with van der Waals surface area (Å²) in [6.45, 7) is 3.69. The van der Waals surface area contributed by atoms with Gasteiger partial charge in [0.1, 0.15) is 0 Å². The van der Waals surface area contributed by atoms with Gasteiger partial charge in [0.2, 0.25) is 0 Å². The number of aromatic nitrogens is 2. The highest BCUT2D eigenvalue weighted by Gasteiger charge is 2.19. The second-order valence-electron chi connectivity index (χ2n) is 3.75. The molecule has 0 aliphatic heterocycles. The highest BCUT2D eigenvalue weighted by molar-refractivity contribution is 7.98. The van der Waals surface area contributed by atoms with Crippen molar-refractivity contribution in [2.45, 2.75) is 24.9 Å². The van der Waals surface area contributed by atoms with E-state index in [-0.39, 0.29) is 5.03 Å². The highest BCUT2D eigenvalue weighted by Crippen LogP contribution is 2.11. The van der Waals surface area contributed by atoms with Gasteiger partial charge in [-0.1, -0.05) is 6.92 Å². The van der Waals surface area contributed by atoms with Crippen LogP contribution in [0, 0.1) is 0 Å². The van der Waals surface area contributed by atoms with Crippen LogP contribution >= 0.6 is 11.8 Å². The van der Waals surface area contributed by atoms with Gasteiger partial charge in [-0.25, -0.2) is 13.1 Å². The Morgan fingerprint density at radius 1 is 1.50 bits per heavy atom. The lowest BCUT2D eigenvalue weighted by Crippen LogP contribution is -2.27. The lowest BCUT2D eigenvalue weighted by molar-refractivity contribution is 0.574. The number of nitrogens with one attached hydrogen (secondary N) is 3. The van der Waals surface area contributed by atoms with Gasteiger partial charge in [0, 0.05) is 18.7 Å². The highest BCUT2D eigenvalue weighted by atomic mass is 32.2. The van der Waals surface area contributed by atoms with Crippen molar-refractivity contribution in [2.75, 3.05) is 25.1 Å². The Balaban J connectivity index is 2.63. The molecule has 1 rings (SSSR count). The van der Waals surface area contributed by atoms with Crippen LogP contribution in [0.2, 0.25) is 0 Å². The zero-order valence-corrected chi connectivity index (χ0v) is 12.3. The van der Waals surface area contributed by atoms with Crippen molar-refractivity contribution < 1.29 is 8.42 Å². The van der Waals surface area contributed by atoms with Crippen LogP contribution in [-0.4, -0.2) is 43.7 Å². The first-order chi connectivity index (χ1) is 8.61. The summed E-state index contributed by atoms with van der Waals surface area (Å²) >= 11 is 1.70. The molecule has 0 aliphatic carbocycles. The second-order valence-corrected chi connectivity index (χ2v) is 6.44. The number of hydrogen-bond acceptors (Lipinski definition) is 5. The van der Waals surface area contributed by atoms with E-state index in [0.29, 0.717) is 18.7 Å². The summed E-state index contributed by atoms with van der Waals surface area (Å²) in [5.41, 5.74) is 0.661. The molecular formula is C10H20N4O2S2. The normalized spacial score (nSPS) is 11.9. The Kier molecular flexibility index (Phi) is 6.69. The molecule has 0 radical (unpaired) electrons. The monoisotopic (exact) mass is 292 g/mol. The molecule has 0 saturated carbocycles. The van der Waals surface area contributed by atoms with Gasteiger partial charge in [0.15, 0.2) is 5.03 Å². The van der Waals surface area contributed by atoms with Gasteiger partial charge in [-0.2, -0.15) is 16.9 Å². The minimum atomic E-state index is -3.48. The Morgan fingerprint density at radius 2 is 2.28 bits per heavy atom. The summed E-state index contributed by atoms with van der Waals surface area (Å²) in [4.78, 5) is 0.